The van der Waals surface area contributed by atoms with Gasteiger partial charge in [0.05, 0.1) is 19.1 Å². The minimum atomic E-state index is -1.01. The Bertz CT molecular complexity index is 499. The number of aliphatic hydroxyl groups is 1. The van der Waals surface area contributed by atoms with E-state index in [1.165, 1.54) is 25.3 Å². The van der Waals surface area contributed by atoms with Crippen molar-refractivity contribution in [2.75, 3.05) is 7.11 Å². The summed E-state index contributed by atoms with van der Waals surface area (Å²) in [5, 5.41) is 9.68. The first-order chi connectivity index (χ1) is 8.04. The number of aliphatic hydroxyl groups excluding tert-OH is 1. The van der Waals surface area contributed by atoms with Crippen LogP contribution in [0.25, 0.3) is 0 Å². The number of ether oxygens (including phenoxy) is 1. The largest absolute Gasteiger partial charge is 0.496 e. The lowest BCUT2D eigenvalue weighted by Gasteiger charge is -2.18. The number of carbonyl (C=O) groups is 1. The van der Waals surface area contributed by atoms with Crippen molar-refractivity contribution in [3.05, 3.63) is 40.1 Å². The second-order valence-corrected chi connectivity index (χ2v) is 4.65. The first-order valence-corrected chi connectivity index (χ1v) is 5.77. The van der Waals surface area contributed by atoms with Gasteiger partial charge in [0, 0.05) is 10.0 Å². The SMILES string of the molecule is COc1cc(Br)cc(F)c1C1C(=O)C=CC1O. The van der Waals surface area contributed by atoms with E-state index < -0.39 is 17.8 Å². The highest BCUT2D eigenvalue weighted by molar-refractivity contribution is 9.10. The quantitative estimate of drug-likeness (QED) is 0.911. The molecular formula is C12H10BrFO3. The van der Waals surface area contributed by atoms with E-state index in [0.29, 0.717) is 4.47 Å². The third-order valence-electron chi connectivity index (χ3n) is 2.69. The Morgan fingerprint density at radius 2 is 2.18 bits per heavy atom. The molecule has 0 aromatic heterocycles. The fraction of sp³-hybridized carbons (Fsp3) is 0.250. The van der Waals surface area contributed by atoms with Crippen LogP contribution in [0.5, 0.6) is 5.75 Å². The van der Waals surface area contributed by atoms with Gasteiger partial charge in [0.2, 0.25) is 0 Å². The second kappa shape index (κ2) is 4.58. The predicted molar refractivity (Wildman–Crippen MR) is 63.5 cm³/mol. The first-order valence-electron chi connectivity index (χ1n) is 4.97. The van der Waals surface area contributed by atoms with Crippen LogP contribution in [0, 0.1) is 5.82 Å². The normalized spacial score (nSPS) is 23.2. The van der Waals surface area contributed by atoms with Gasteiger partial charge < -0.3 is 9.84 Å². The Kier molecular flexibility index (Phi) is 3.31. The first kappa shape index (κ1) is 12.3. The van der Waals surface area contributed by atoms with Gasteiger partial charge in [-0.25, -0.2) is 4.39 Å². The maximum Gasteiger partial charge on any atom is 0.166 e. The summed E-state index contributed by atoms with van der Waals surface area (Å²) < 4.78 is 19.5. The average Bonchev–Trinajstić information content (AvgIpc) is 2.59. The Hall–Kier alpha value is -1.20. The van der Waals surface area contributed by atoms with Crippen molar-refractivity contribution in [1.82, 2.24) is 0 Å². The number of carbonyl (C=O) groups excluding carboxylic acids is 1. The summed E-state index contributed by atoms with van der Waals surface area (Å²) in [5.74, 6) is -1.56. The predicted octanol–water partition coefficient (Wildman–Crippen LogP) is 2.18. The molecular weight excluding hydrogens is 291 g/mol. The Morgan fingerprint density at radius 1 is 1.47 bits per heavy atom. The van der Waals surface area contributed by atoms with E-state index >= 15 is 0 Å². The van der Waals surface area contributed by atoms with Gasteiger partial charge in [-0.1, -0.05) is 22.0 Å². The molecule has 1 aromatic rings. The molecule has 5 heteroatoms. The van der Waals surface area contributed by atoms with Crippen LogP contribution < -0.4 is 4.74 Å². The number of allylic oxidation sites excluding steroid dienone is 1. The average molecular weight is 301 g/mol. The topological polar surface area (TPSA) is 46.5 Å². The lowest BCUT2D eigenvalue weighted by Crippen LogP contribution is -2.20. The standard InChI is InChI=1S/C12H10BrFO3/c1-17-10-5-6(13)4-7(14)11(10)12-8(15)2-3-9(12)16/h2-5,8,12,15H,1H3. The molecule has 0 saturated heterocycles. The number of halogens is 2. The van der Waals surface area contributed by atoms with Crippen molar-refractivity contribution in [3.8, 4) is 5.75 Å². The zero-order chi connectivity index (χ0) is 12.6. The number of benzene rings is 1. The minimum Gasteiger partial charge on any atom is -0.496 e. The maximum absolute atomic E-state index is 13.9. The molecule has 2 rings (SSSR count). The summed E-state index contributed by atoms with van der Waals surface area (Å²) >= 11 is 3.14. The van der Waals surface area contributed by atoms with E-state index in [1.807, 2.05) is 0 Å². The van der Waals surface area contributed by atoms with Crippen molar-refractivity contribution in [1.29, 1.82) is 0 Å². The molecule has 2 atom stereocenters. The Balaban J connectivity index is 2.55. The summed E-state index contributed by atoms with van der Waals surface area (Å²) in [4.78, 5) is 11.6. The molecule has 0 saturated carbocycles. The van der Waals surface area contributed by atoms with Gasteiger partial charge in [-0.05, 0) is 18.2 Å². The van der Waals surface area contributed by atoms with Gasteiger partial charge in [0.25, 0.3) is 0 Å². The fourth-order valence-electron chi connectivity index (χ4n) is 1.92. The van der Waals surface area contributed by atoms with E-state index in [-0.39, 0.29) is 17.1 Å². The van der Waals surface area contributed by atoms with Crippen LogP contribution in [-0.2, 0) is 4.79 Å². The van der Waals surface area contributed by atoms with Crippen molar-refractivity contribution < 1.29 is 19.0 Å². The molecule has 17 heavy (non-hydrogen) atoms. The van der Waals surface area contributed by atoms with Crippen molar-refractivity contribution >= 4 is 21.7 Å². The lowest BCUT2D eigenvalue weighted by atomic mass is 9.92. The molecule has 0 bridgehead atoms. The summed E-state index contributed by atoms with van der Waals surface area (Å²) in [6.45, 7) is 0. The molecule has 0 heterocycles. The molecule has 1 aliphatic carbocycles. The van der Waals surface area contributed by atoms with Crippen molar-refractivity contribution in [2.24, 2.45) is 0 Å². The molecule has 0 spiro atoms. The highest BCUT2D eigenvalue weighted by Gasteiger charge is 2.34. The van der Waals surface area contributed by atoms with Gasteiger partial charge in [0.15, 0.2) is 5.78 Å². The number of methoxy groups -OCH3 is 1. The molecule has 1 N–H and O–H groups in total. The van der Waals surface area contributed by atoms with E-state index in [0.717, 1.165) is 0 Å². The van der Waals surface area contributed by atoms with E-state index in [1.54, 1.807) is 6.07 Å². The molecule has 90 valence electrons. The van der Waals surface area contributed by atoms with E-state index in [9.17, 15) is 14.3 Å². The molecule has 0 aliphatic heterocycles. The highest BCUT2D eigenvalue weighted by Crippen LogP contribution is 2.37. The molecule has 0 radical (unpaired) electrons. The molecule has 2 unspecified atom stereocenters. The lowest BCUT2D eigenvalue weighted by molar-refractivity contribution is -0.116. The molecule has 0 amide bonds. The van der Waals surface area contributed by atoms with Crippen LogP contribution >= 0.6 is 15.9 Å². The zero-order valence-corrected chi connectivity index (χ0v) is 10.6. The van der Waals surface area contributed by atoms with E-state index in [2.05, 4.69) is 15.9 Å². The summed E-state index contributed by atoms with van der Waals surface area (Å²) in [5.41, 5.74) is 0.0956. The van der Waals surface area contributed by atoms with Crippen LogP contribution in [0.2, 0.25) is 0 Å². The van der Waals surface area contributed by atoms with Crippen LogP contribution in [0.3, 0.4) is 0 Å². The van der Waals surface area contributed by atoms with Gasteiger partial charge in [-0.2, -0.15) is 0 Å². The third kappa shape index (κ3) is 2.12. The van der Waals surface area contributed by atoms with Crippen LogP contribution in [-0.4, -0.2) is 24.1 Å². The number of hydrogen-bond acceptors (Lipinski definition) is 3. The number of hydrogen-bond donors (Lipinski definition) is 1. The monoisotopic (exact) mass is 300 g/mol. The molecule has 1 aromatic carbocycles. The van der Waals surface area contributed by atoms with Crippen molar-refractivity contribution in [2.45, 2.75) is 12.0 Å². The smallest absolute Gasteiger partial charge is 0.166 e. The third-order valence-corrected chi connectivity index (χ3v) is 3.15. The fourth-order valence-corrected chi connectivity index (χ4v) is 2.33. The van der Waals surface area contributed by atoms with Crippen LogP contribution in [0.4, 0.5) is 4.39 Å². The molecule has 1 aliphatic rings. The summed E-state index contributed by atoms with van der Waals surface area (Å²) in [6, 6.07) is 2.81. The van der Waals surface area contributed by atoms with Gasteiger partial charge in [-0.15, -0.1) is 0 Å². The minimum absolute atomic E-state index is 0.0956. The van der Waals surface area contributed by atoms with Gasteiger partial charge in [0.1, 0.15) is 11.6 Å². The maximum atomic E-state index is 13.9. The summed E-state index contributed by atoms with van der Waals surface area (Å²) in [7, 11) is 1.39. The van der Waals surface area contributed by atoms with Crippen LogP contribution in [0.1, 0.15) is 11.5 Å². The van der Waals surface area contributed by atoms with E-state index in [4.69, 9.17) is 4.74 Å². The summed E-state index contributed by atoms with van der Waals surface area (Å²) in [6.07, 6.45) is 1.61. The molecule has 3 nitrogen and oxygen atoms in total. The Morgan fingerprint density at radius 3 is 2.71 bits per heavy atom. The number of rotatable bonds is 2. The Labute approximate surface area is 106 Å². The van der Waals surface area contributed by atoms with Crippen molar-refractivity contribution in [3.63, 3.8) is 0 Å². The van der Waals surface area contributed by atoms with Gasteiger partial charge in [-0.3, -0.25) is 4.79 Å². The number of ketones is 1. The molecule has 0 fully saturated rings. The zero-order valence-electron chi connectivity index (χ0n) is 8.98. The van der Waals surface area contributed by atoms with Crippen LogP contribution in [0.15, 0.2) is 28.8 Å². The highest BCUT2D eigenvalue weighted by atomic mass is 79.9. The van der Waals surface area contributed by atoms with Gasteiger partial charge >= 0.3 is 0 Å². The second-order valence-electron chi connectivity index (χ2n) is 3.73.